The third-order valence-electron chi connectivity index (χ3n) is 5.65. The van der Waals surface area contributed by atoms with Crippen LogP contribution >= 0.6 is 0 Å². The lowest BCUT2D eigenvalue weighted by molar-refractivity contribution is -0.149. The van der Waals surface area contributed by atoms with Crippen molar-refractivity contribution in [2.45, 2.75) is 39.3 Å². The van der Waals surface area contributed by atoms with Crippen LogP contribution in [0.3, 0.4) is 0 Å². The fourth-order valence-corrected chi connectivity index (χ4v) is 3.96. The number of imidazole rings is 1. The number of carbonyl (C=O) groups is 1. The standard InChI is InChI=1S/C25H23F4N3O2/c1-14-11-31(13-30-14)20-8-5-16(9-19(20)27)10-21-24(33)32(12-25(3,4)34-21)15(2)17-6-7-18(26)23(29)22(17)28/h5-11,13,15H,12H2,1-4H3/t15-/m0/s1. The summed E-state index contributed by atoms with van der Waals surface area (Å²) < 4.78 is 63.7. The molecule has 9 heteroatoms. The van der Waals surface area contributed by atoms with Gasteiger partial charge in [0.25, 0.3) is 5.91 Å². The third kappa shape index (κ3) is 4.42. The van der Waals surface area contributed by atoms with Crippen molar-refractivity contribution >= 4 is 12.0 Å². The quantitative estimate of drug-likeness (QED) is 0.287. The van der Waals surface area contributed by atoms with Crippen molar-refractivity contribution in [1.82, 2.24) is 14.5 Å². The first-order valence-electron chi connectivity index (χ1n) is 10.6. The number of nitrogens with zero attached hydrogens (tertiary/aromatic N) is 3. The Labute approximate surface area is 194 Å². The molecule has 3 aromatic rings. The van der Waals surface area contributed by atoms with E-state index >= 15 is 0 Å². The molecular weight excluding hydrogens is 450 g/mol. The third-order valence-corrected chi connectivity index (χ3v) is 5.65. The van der Waals surface area contributed by atoms with E-state index in [1.807, 2.05) is 0 Å². The van der Waals surface area contributed by atoms with Crippen LogP contribution in [-0.4, -0.2) is 32.5 Å². The summed E-state index contributed by atoms with van der Waals surface area (Å²) >= 11 is 0. The lowest BCUT2D eigenvalue weighted by Gasteiger charge is -2.42. The number of aryl methyl sites for hydroxylation is 1. The second-order valence-corrected chi connectivity index (χ2v) is 8.88. The predicted octanol–water partition coefficient (Wildman–Crippen LogP) is 5.48. The van der Waals surface area contributed by atoms with Crippen LogP contribution < -0.4 is 0 Å². The van der Waals surface area contributed by atoms with Crippen molar-refractivity contribution in [2.24, 2.45) is 0 Å². The van der Waals surface area contributed by atoms with Gasteiger partial charge in [0.05, 0.1) is 30.3 Å². The molecule has 0 N–H and O–H groups in total. The lowest BCUT2D eigenvalue weighted by atomic mass is 9.99. The number of morpholine rings is 1. The number of halogens is 4. The van der Waals surface area contributed by atoms with Crippen LogP contribution in [0.1, 0.15) is 43.6 Å². The van der Waals surface area contributed by atoms with Gasteiger partial charge >= 0.3 is 0 Å². The number of aromatic nitrogens is 2. The Morgan fingerprint density at radius 2 is 1.82 bits per heavy atom. The van der Waals surface area contributed by atoms with Gasteiger partial charge in [-0.1, -0.05) is 12.1 Å². The molecule has 1 aliphatic rings. The SMILES string of the molecule is Cc1cn(-c2ccc(C=C3OC(C)(C)CN([C@@H](C)c4ccc(F)c(F)c4F)C3=O)cc2F)cn1. The number of rotatable bonds is 4. The molecule has 0 unspecified atom stereocenters. The predicted molar refractivity (Wildman–Crippen MR) is 118 cm³/mol. The fourth-order valence-electron chi connectivity index (χ4n) is 3.96. The van der Waals surface area contributed by atoms with E-state index in [0.717, 1.165) is 17.8 Å². The number of carbonyl (C=O) groups excluding carboxylic acids is 1. The molecule has 0 bridgehead atoms. The molecule has 0 saturated carbocycles. The van der Waals surface area contributed by atoms with E-state index in [1.54, 1.807) is 43.7 Å². The van der Waals surface area contributed by atoms with Crippen LogP contribution in [0.15, 0.2) is 48.6 Å². The maximum atomic E-state index is 14.8. The average Bonchev–Trinajstić information content (AvgIpc) is 3.20. The van der Waals surface area contributed by atoms with Gasteiger partial charge < -0.3 is 14.2 Å². The Hall–Kier alpha value is -3.62. The molecule has 1 amide bonds. The monoisotopic (exact) mass is 473 g/mol. The summed E-state index contributed by atoms with van der Waals surface area (Å²) in [4.78, 5) is 18.6. The minimum Gasteiger partial charge on any atom is -0.480 e. The van der Waals surface area contributed by atoms with Gasteiger partial charge in [-0.2, -0.15) is 0 Å². The molecule has 178 valence electrons. The Kier molecular flexibility index (Phi) is 5.97. The minimum absolute atomic E-state index is 0.0725. The van der Waals surface area contributed by atoms with Crippen molar-refractivity contribution in [2.75, 3.05) is 6.54 Å². The molecule has 34 heavy (non-hydrogen) atoms. The van der Waals surface area contributed by atoms with Crippen LogP contribution in [0, 0.1) is 30.2 Å². The maximum Gasteiger partial charge on any atom is 0.289 e. The van der Waals surface area contributed by atoms with E-state index < -0.39 is 40.8 Å². The van der Waals surface area contributed by atoms with Gasteiger partial charge in [-0.3, -0.25) is 4.79 Å². The zero-order valence-electron chi connectivity index (χ0n) is 19.1. The molecule has 1 fully saturated rings. The summed E-state index contributed by atoms with van der Waals surface area (Å²) in [7, 11) is 0. The number of hydrogen-bond donors (Lipinski definition) is 0. The van der Waals surface area contributed by atoms with Crippen LogP contribution in [0.4, 0.5) is 17.6 Å². The van der Waals surface area contributed by atoms with Gasteiger partial charge in [-0.15, -0.1) is 0 Å². The molecule has 0 spiro atoms. The molecule has 1 aliphatic heterocycles. The van der Waals surface area contributed by atoms with E-state index in [-0.39, 0.29) is 17.9 Å². The van der Waals surface area contributed by atoms with Crippen molar-refractivity contribution in [1.29, 1.82) is 0 Å². The zero-order chi connectivity index (χ0) is 24.8. The van der Waals surface area contributed by atoms with Gasteiger partial charge in [-0.05, 0) is 57.5 Å². The topological polar surface area (TPSA) is 47.4 Å². The Morgan fingerprint density at radius 1 is 1.09 bits per heavy atom. The summed E-state index contributed by atoms with van der Waals surface area (Å²) in [6, 6.07) is 5.48. The summed E-state index contributed by atoms with van der Waals surface area (Å²) in [5, 5.41) is 0. The van der Waals surface area contributed by atoms with Crippen molar-refractivity contribution in [3.8, 4) is 5.69 Å². The van der Waals surface area contributed by atoms with Crippen molar-refractivity contribution in [3.63, 3.8) is 0 Å². The van der Waals surface area contributed by atoms with Crippen LogP contribution in [-0.2, 0) is 9.53 Å². The smallest absolute Gasteiger partial charge is 0.289 e. The van der Waals surface area contributed by atoms with Gasteiger partial charge in [0.15, 0.2) is 23.2 Å². The van der Waals surface area contributed by atoms with Gasteiger partial charge in [-0.25, -0.2) is 22.5 Å². The first kappa shape index (κ1) is 23.5. The highest BCUT2D eigenvalue weighted by Gasteiger charge is 2.40. The highest BCUT2D eigenvalue weighted by Crippen LogP contribution is 2.34. The summed E-state index contributed by atoms with van der Waals surface area (Å²) in [6.45, 7) is 6.86. The molecule has 0 radical (unpaired) electrons. The second kappa shape index (κ2) is 8.62. The van der Waals surface area contributed by atoms with Crippen molar-refractivity contribution in [3.05, 3.63) is 88.7 Å². The maximum absolute atomic E-state index is 14.8. The van der Waals surface area contributed by atoms with Gasteiger partial charge in [0.2, 0.25) is 0 Å². The highest BCUT2D eigenvalue weighted by atomic mass is 19.2. The minimum atomic E-state index is -1.59. The molecule has 1 aromatic heterocycles. The van der Waals surface area contributed by atoms with Crippen LogP contribution in [0.2, 0.25) is 0 Å². The first-order valence-corrected chi connectivity index (χ1v) is 10.6. The molecule has 4 rings (SSSR count). The van der Waals surface area contributed by atoms with Crippen LogP contribution in [0.25, 0.3) is 11.8 Å². The van der Waals surface area contributed by atoms with E-state index in [9.17, 15) is 22.4 Å². The van der Waals surface area contributed by atoms with E-state index in [1.165, 1.54) is 30.3 Å². The molecule has 0 aliphatic carbocycles. The largest absolute Gasteiger partial charge is 0.480 e. The fraction of sp³-hybridized carbons (Fsp3) is 0.280. The Balaban J connectivity index is 1.67. The first-order chi connectivity index (χ1) is 16.0. The van der Waals surface area contributed by atoms with E-state index in [0.29, 0.717) is 11.3 Å². The zero-order valence-corrected chi connectivity index (χ0v) is 19.1. The highest BCUT2D eigenvalue weighted by molar-refractivity contribution is 5.97. The molecule has 5 nitrogen and oxygen atoms in total. The van der Waals surface area contributed by atoms with Crippen LogP contribution in [0.5, 0.6) is 0 Å². The van der Waals surface area contributed by atoms with Gasteiger partial charge in [0.1, 0.15) is 11.4 Å². The Morgan fingerprint density at radius 3 is 2.47 bits per heavy atom. The molecule has 1 saturated heterocycles. The van der Waals surface area contributed by atoms with E-state index in [2.05, 4.69) is 4.98 Å². The summed E-state index contributed by atoms with van der Waals surface area (Å²) in [6.07, 6.45) is 4.58. The second-order valence-electron chi connectivity index (χ2n) is 8.88. The van der Waals surface area contributed by atoms with E-state index in [4.69, 9.17) is 4.74 Å². The number of amides is 1. The average molecular weight is 473 g/mol. The number of ether oxygens (including phenoxy) is 1. The normalized spacial score (nSPS) is 17.7. The molecule has 1 atom stereocenters. The molecule has 2 aromatic carbocycles. The van der Waals surface area contributed by atoms with Crippen molar-refractivity contribution < 1.29 is 27.1 Å². The molecule has 2 heterocycles. The van der Waals surface area contributed by atoms with Gasteiger partial charge in [0, 0.05) is 11.8 Å². The number of hydrogen-bond acceptors (Lipinski definition) is 3. The number of benzene rings is 2. The Bertz CT molecular complexity index is 1300. The molecular formula is C25H23F4N3O2. The summed E-state index contributed by atoms with van der Waals surface area (Å²) in [5.74, 6) is -5.42. The summed E-state index contributed by atoms with van der Waals surface area (Å²) in [5.41, 5.74) is 0.389. The lowest BCUT2D eigenvalue weighted by Crippen LogP contribution is -2.51.